The molecule has 0 radical (unpaired) electrons. The van der Waals surface area contributed by atoms with E-state index in [4.69, 9.17) is 4.74 Å². The molecule has 8 nitrogen and oxygen atoms in total. The topological polar surface area (TPSA) is 102 Å². The number of benzene rings is 3. The second-order valence-electron chi connectivity index (χ2n) is 7.37. The van der Waals surface area contributed by atoms with Crippen LogP contribution in [0.5, 0.6) is 5.75 Å². The highest BCUT2D eigenvalue weighted by Gasteiger charge is 2.34. The molecular weight excluding hydrogens is 556 g/mol. The molecule has 0 atom stereocenters. The smallest absolute Gasteiger partial charge is 0.329 e. The van der Waals surface area contributed by atoms with Gasteiger partial charge in [-0.25, -0.2) is 9.18 Å². The lowest BCUT2D eigenvalue weighted by molar-refractivity contribution is -0.384. The number of carbonyl (C=O) groups excluding carboxylic acids is 2. The Labute approximate surface area is 207 Å². The fraction of sp³-hybridized carbons (Fsp3) is 0.0833. The van der Waals surface area contributed by atoms with Crippen LogP contribution >= 0.6 is 22.6 Å². The van der Waals surface area contributed by atoms with Gasteiger partial charge in [0.2, 0.25) is 0 Å². The van der Waals surface area contributed by atoms with Gasteiger partial charge in [-0.05, 0) is 70.1 Å². The number of rotatable bonds is 7. The van der Waals surface area contributed by atoms with Crippen LogP contribution in [0.25, 0.3) is 6.08 Å². The van der Waals surface area contributed by atoms with Crippen LogP contribution in [-0.2, 0) is 17.9 Å². The van der Waals surface area contributed by atoms with E-state index in [1.807, 2.05) is 0 Å². The zero-order valence-electron chi connectivity index (χ0n) is 17.5. The maximum Gasteiger partial charge on any atom is 0.329 e. The van der Waals surface area contributed by atoms with Gasteiger partial charge < -0.3 is 10.1 Å². The number of urea groups is 1. The Kier molecular flexibility index (Phi) is 6.87. The van der Waals surface area contributed by atoms with Crippen molar-refractivity contribution in [3.8, 4) is 5.75 Å². The van der Waals surface area contributed by atoms with Crippen LogP contribution in [0.3, 0.4) is 0 Å². The number of nitrogens with one attached hydrogen (secondary N) is 1. The molecule has 1 heterocycles. The average molecular weight is 573 g/mol. The molecule has 3 amide bonds. The summed E-state index contributed by atoms with van der Waals surface area (Å²) >= 11 is 2.09. The number of nitro groups is 1. The number of halogens is 2. The van der Waals surface area contributed by atoms with Crippen molar-refractivity contribution >= 4 is 46.3 Å². The molecule has 0 unspecified atom stereocenters. The summed E-state index contributed by atoms with van der Waals surface area (Å²) in [6.07, 6.45) is 1.55. The molecule has 3 aromatic carbocycles. The van der Waals surface area contributed by atoms with Crippen LogP contribution in [0.2, 0.25) is 0 Å². The number of non-ortho nitro benzene ring substituents is 1. The van der Waals surface area contributed by atoms with Crippen LogP contribution in [0.4, 0.5) is 14.9 Å². The fourth-order valence-corrected chi connectivity index (χ4v) is 3.97. The summed E-state index contributed by atoms with van der Waals surface area (Å²) < 4.78 is 20.5. The van der Waals surface area contributed by atoms with E-state index in [2.05, 4.69) is 27.9 Å². The van der Waals surface area contributed by atoms with Gasteiger partial charge in [-0.1, -0.05) is 24.3 Å². The highest BCUT2D eigenvalue weighted by molar-refractivity contribution is 14.1. The lowest BCUT2D eigenvalue weighted by atomic mass is 10.1. The van der Waals surface area contributed by atoms with Crippen molar-refractivity contribution in [1.82, 2.24) is 10.2 Å². The molecule has 0 aromatic heterocycles. The molecule has 4 rings (SSSR count). The number of hydrogen-bond donors (Lipinski definition) is 1. The summed E-state index contributed by atoms with van der Waals surface area (Å²) in [5, 5.41) is 13.3. The summed E-state index contributed by atoms with van der Waals surface area (Å²) in [5.41, 5.74) is 1.80. The van der Waals surface area contributed by atoms with Crippen LogP contribution < -0.4 is 10.1 Å². The predicted molar refractivity (Wildman–Crippen MR) is 130 cm³/mol. The number of nitro benzene ring substituents is 1. The first-order valence-electron chi connectivity index (χ1n) is 10.1. The van der Waals surface area contributed by atoms with E-state index < -0.39 is 22.7 Å². The summed E-state index contributed by atoms with van der Waals surface area (Å²) in [6, 6.07) is 16.7. The summed E-state index contributed by atoms with van der Waals surface area (Å²) in [4.78, 5) is 36.2. The van der Waals surface area contributed by atoms with Gasteiger partial charge in [-0.15, -0.1) is 0 Å². The minimum atomic E-state index is -0.614. The third-order valence-electron chi connectivity index (χ3n) is 5.06. The van der Waals surface area contributed by atoms with Gasteiger partial charge in [-0.3, -0.25) is 19.8 Å². The molecule has 1 aliphatic rings. The Balaban J connectivity index is 1.43. The number of ether oxygens (including phenoxy) is 1. The van der Waals surface area contributed by atoms with Gasteiger partial charge in [0, 0.05) is 17.7 Å². The van der Waals surface area contributed by atoms with E-state index in [1.165, 1.54) is 30.3 Å². The Hall–Kier alpha value is -3.80. The van der Waals surface area contributed by atoms with Crippen molar-refractivity contribution in [1.29, 1.82) is 0 Å². The van der Waals surface area contributed by atoms with Crippen molar-refractivity contribution in [3.05, 3.63) is 109 Å². The number of carbonyl (C=O) groups is 2. The third-order valence-corrected chi connectivity index (χ3v) is 5.90. The first kappa shape index (κ1) is 23.4. The highest BCUT2D eigenvalue weighted by Crippen LogP contribution is 2.26. The maximum absolute atomic E-state index is 13.9. The van der Waals surface area contributed by atoms with Crippen molar-refractivity contribution in [2.24, 2.45) is 0 Å². The quantitative estimate of drug-likeness (QED) is 0.141. The van der Waals surface area contributed by atoms with E-state index in [0.29, 0.717) is 11.3 Å². The van der Waals surface area contributed by atoms with Gasteiger partial charge >= 0.3 is 6.03 Å². The molecule has 0 spiro atoms. The normalized spacial score (nSPS) is 14.4. The van der Waals surface area contributed by atoms with E-state index >= 15 is 0 Å². The molecule has 1 aliphatic heterocycles. The van der Waals surface area contributed by atoms with Gasteiger partial charge in [0.15, 0.2) is 0 Å². The van der Waals surface area contributed by atoms with Gasteiger partial charge in [0.05, 0.1) is 15.0 Å². The van der Waals surface area contributed by atoms with Crippen molar-refractivity contribution < 1.29 is 23.6 Å². The fourth-order valence-electron chi connectivity index (χ4n) is 3.28. The standard InChI is InChI=1S/C24H17FIN3O5/c25-19-4-2-1-3-17(19)13-28-23(30)21(27-24(28)31)12-16-7-10-22(20(26)11-16)34-14-15-5-8-18(9-6-15)29(32)33/h1-12H,13-14H2,(H,27,31)/b21-12+. The van der Waals surface area contributed by atoms with E-state index in [1.54, 1.807) is 42.5 Å². The molecule has 0 bridgehead atoms. The molecule has 10 heteroatoms. The second-order valence-corrected chi connectivity index (χ2v) is 8.54. The Bertz CT molecular complexity index is 1310. The first-order chi connectivity index (χ1) is 16.3. The minimum Gasteiger partial charge on any atom is -0.488 e. The number of hydrogen-bond acceptors (Lipinski definition) is 5. The molecule has 1 saturated heterocycles. The summed E-state index contributed by atoms with van der Waals surface area (Å²) in [5.74, 6) is -0.426. The Morgan fingerprint density at radius 3 is 2.50 bits per heavy atom. The molecule has 172 valence electrons. The van der Waals surface area contributed by atoms with E-state index in [9.17, 15) is 24.1 Å². The molecule has 1 fully saturated rings. The van der Waals surface area contributed by atoms with Crippen LogP contribution in [0.1, 0.15) is 16.7 Å². The maximum atomic E-state index is 13.9. The minimum absolute atomic E-state index is 0.0109. The van der Waals surface area contributed by atoms with Gasteiger partial charge in [-0.2, -0.15) is 0 Å². The van der Waals surface area contributed by atoms with Gasteiger partial charge in [0.1, 0.15) is 23.9 Å². The molecule has 1 N–H and O–H groups in total. The van der Waals surface area contributed by atoms with Crippen LogP contribution in [0, 0.1) is 19.5 Å². The zero-order chi connectivity index (χ0) is 24.2. The number of imide groups is 1. The highest BCUT2D eigenvalue weighted by atomic mass is 127. The average Bonchev–Trinajstić information content (AvgIpc) is 3.07. The second kappa shape index (κ2) is 10.00. The number of amides is 3. The van der Waals surface area contributed by atoms with Gasteiger partial charge in [0.25, 0.3) is 11.6 Å². The molecular formula is C24H17FIN3O5. The molecule has 34 heavy (non-hydrogen) atoms. The zero-order valence-corrected chi connectivity index (χ0v) is 19.7. The lowest BCUT2D eigenvalue weighted by Gasteiger charge is -2.12. The molecule has 3 aromatic rings. The van der Waals surface area contributed by atoms with Crippen molar-refractivity contribution in [3.63, 3.8) is 0 Å². The Morgan fingerprint density at radius 1 is 1.09 bits per heavy atom. The largest absolute Gasteiger partial charge is 0.488 e. The lowest BCUT2D eigenvalue weighted by Crippen LogP contribution is -2.30. The first-order valence-corrected chi connectivity index (χ1v) is 11.1. The molecule has 0 aliphatic carbocycles. The van der Waals surface area contributed by atoms with E-state index in [0.717, 1.165) is 14.0 Å². The van der Waals surface area contributed by atoms with Crippen LogP contribution in [0.15, 0.2) is 72.4 Å². The Morgan fingerprint density at radius 2 is 1.82 bits per heavy atom. The van der Waals surface area contributed by atoms with Crippen molar-refractivity contribution in [2.45, 2.75) is 13.2 Å². The van der Waals surface area contributed by atoms with Crippen LogP contribution in [-0.4, -0.2) is 21.8 Å². The predicted octanol–water partition coefficient (Wildman–Crippen LogP) is 5.01. The summed E-state index contributed by atoms with van der Waals surface area (Å²) in [7, 11) is 0. The molecule has 0 saturated carbocycles. The third kappa shape index (κ3) is 5.22. The summed E-state index contributed by atoms with van der Waals surface area (Å²) in [6.45, 7) is 0.0651. The SMILES string of the molecule is O=C1N/C(=C/c2ccc(OCc3ccc([N+](=O)[O-])cc3)c(I)c2)C(=O)N1Cc1ccccc1F. The monoisotopic (exact) mass is 573 g/mol. The van der Waals surface area contributed by atoms with Crippen molar-refractivity contribution in [2.75, 3.05) is 0 Å². The van der Waals surface area contributed by atoms with E-state index in [-0.39, 0.29) is 30.1 Å². The number of nitrogens with zero attached hydrogens (tertiary/aromatic N) is 2.